The SMILES string of the molecule is CC1(N)CCN([C@H]2CC[C@H](n3cc(-c4ccc(Oc5ccccc5)cc4)c4c(N)ncnc43)CC2)CC1. The Morgan fingerprint density at radius 3 is 2.22 bits per heavy atom. The van der Waals surface area contributed by atoms with Crippen LogP contribution in [0, 0.1) is 0 Å². The molecule has 0 unspecified atom stereocenters. The van der Waals surface area contributed by atoms with Gasteiger partial charge in [0.15, 0.2) is 0 Å². The standard InChI is InChI=1S/C30H36N6O/c1-30(32)15-17-35(18-16-30)22-9-11-23(12-10-22)36-19-26(27-28(31)33-20-34-29(27)36)21-7-13-25(14-8-21)37-24-5-3-2-4-6-24/h2-8,13-14,19-20,22-23H,9-12,15-18,32H2,1H3,(H2,31,33,34)/t22-,23-. The van der Waals surface area contributed by atoms with Crippen molar-refractivity contribution in [3.63, 3.8) is 0 Å². The zero-order valence-electron chi connectivity index (χ0n) is 21.5. The Morgan fingerprint density at radius 2 is 1.51 bits per heavy atom. The second-order valence-electron chi connectivity index (χ2n) is 11.0. The van der Waals surface area contributed by atoms with Crippen molar-refractivity contribution in [2.24, 2.45) is 5.73 Å². The third kappa shape index (κ3) is 4.93. The van der Waals surface area contributed by atoms with E-state index in [1.165, 1.54) is 12.8 Å². The number of aromatic nitrogens is 3. The van der Waals surface area contributed by atoms with Gasteiger partial charge in [0, 0.05) is 42.5 Å². The van der Waals surface area contributed by atoms with Gasteiger partial charge in [0.2, 0.25) is 0 Å². The maximum absolute atomic E-state index is 6.40. The number of hydrogen-bond donors (Lipinski definition) is 2. The number of hydrogen-bond acceptors (Lipinski definition) is 6. The molecular formula is C30H36N6O. The number of rotatable bonds is 5. The summed E-state index contributed by atoms with van der Waals surface area (Å²) < 4.78 is 8.33. The first-order chi connectivity index (χ1) is 18.0. The Labute approximate surface area is 218 Å². The molecule has 2 aromatic heterocycles. The molecule has 3 heterocycles. The molecular weight excluding hydrogens is 460 g/mol. The fraction of sp³-hybridized carbons (Fsp3) is 0.400. The van der Waals surface area contributed by atoms with Crippen LogP contribution >= 0.6 is 0 Å². The minimum atomic E-state index is -0.000329. The van der Waals surface area contributed by atoms with Crippen LogP contribution in [0.2, 0.25) is 0 Å². The Balaban J connectivity index is 1.22. The molecule has 1 aliphatic carbocycles. The second-order valence-corrected chi connectivity index (χ2v) is 11.0. The van der Waals surface area contributed by atoms with E-state index in [0.717, 1.165) is 72.4 Å². The van der Waals surface area contributed by atoms with E-state index in [1.807, 2.05) is 42.5 Å². The summed E-state index contributed by atoms with van der Waals surface area (Å²) in [5, 5.41) is 0.930. The van der Waals surface area contributed by atoms with E-state index in [2.05, 4.69) is 44.7 Å². The molecule has 1 saturated carbocycles. The molecule has 6 rings (SSSR count). The number of anilines is 1. The highest BCUT2D eigenvalue weighted by Crippen LogP contribution is 2.40. The molecule has 37 heavy (non-hydrogen) atoms. The summed E-state index contributed by atoms with van der Waals surface area (Å²) in [7, 11) is 0. The van der Waals surface area contributed by atoms with Gasteiger partial charge in [-0.3, -0.25) is 0 Å². The highest BCUT2D eigenvalue weighted by Gasteiger charge is 2.33. The fourth-order valence-corrected chi connectivity index (χ4v) is 6.03. The Bertz CT molecular complexity index is 1350. The lowest BCUT2D eigenvalue weighted by Gasteiger charge is -2.43. The number of benzene rings is 2. The molecule has 0 radical (unpaired) electrons. The normalized spacial score (nSPS) is 22.2. The van der Waals surface area contributed by atoms with Gasteiger partial charge in [-0.25, -0.2) is 9.97 Å². The third-order valence-corrected chi connectivity index (χ3v) is 8.30. The van der Waals surface area contributed by atoms with Crippen LogP contribution in [-0.2, 0) is 0 Å². The van der Waals surface area contributed by atoms with E-state index >= 15 is 0 Å². The topological polar surface area (TPSA) is 95.2 Å². The predicted molar refractivity (Wildman–Crippen MR) is 149 cm³/mol. The van der Waals surface area contributed by atoms with Crippen LogP contribution in [0.15, 0.2) is 67.1 Å². The predicted octanol–water partition coefficient (Wildman–Crippen LogP) is 5.77. The molecule has 2 aliphatic rings. The van der Waals surface area contributed by atoms with E-state index in [9.17, 15) is 0 Å². The van der Waals surface area contributed by atoms with E-state index in [0.29, 0.717) is 17.9 Å². The molecule has 0 amide bonds. The molecule has 7 heteroatoms. The minimum absolute atomic E-state index is 0.000329. The van der Waals surface area contributed by atoms with Gasteiger partial charge >= 0.3 is 0 Å². The van der Waals surface area contributed by atoms with Crippen molar-refractivity contribution in [3.8, 4) is 22.6 Å². The van der Waals surface area contributed by atoms with Gasteiger partial charge in [0.05, 0.1) is 5.39 Å². The lowest BCUT2D eigenvalue weighted by molar-refractivity contribution is 0.0906. The second kappa shape index (κ2) is 9.80. The average Bonchev–Trinajstić information content (AvgIpc) is 3.31. The van der Waals surface area contributed by atoms with Gasteiger partial charge in [-0.1, -0.05) is 30.3 Å². The summed E-state index contributed by atoms with van der Waals surface area (Å²) in [6.45, 7) is 4.42. The molecule has 0 bridgehead atoms. The molecule has 4 aromatic rings. The largest absolute Gasteiger partial charge is 0.457 e. The van der Waals surface area contributed by atoms with Crippen molar-refractivity contribution in [1.29, 1.82) is 0 Å². The van der Waals surface area contributed by atoms with Crippen LogP contribution in [0.5, 0.6) is 11.5 Å². The van der Waals surface area contributed by atoms with Crippen LogP contribution in [0.25, 0.3) is 22.2 Å². The van der Waals surface area contributed by atoms with E-state index < -0.39 is 0 Å². The van der Waals surface area contributed by atoms with Crippen LogP contribution in [0.4, 0.5) is 5.82 Å². The van der Waals surface area contributed by atoms with Crippen molar-refractivity contribution >= 4 is 16.9 Å². The Hall–Kier alpha value is -3.42. The van der Waals surface area contributed by atoms with Gasteiger partial charge in [-0.2, -0.15) is 0 Å². The number of piperidine rings is 1. The molecule has 192 valence electrons. The summed E-state index contributed by atoms with van der Waals surface area (Å²) >= 11 is 0. The lowest BCUT2D eigenvalue weighted by Crippen LogP contribution is -2.51. The number of nitrogens with two attached hydrogens (primary N) is 2. The zero-order chi connectivity index (χ0) is 25.4. The van der Waals surface area contributed by atoms with Crippen LogP contribution in [0.1, 0.15) is 51.5 Å². The lowest BCUT2D eigenvalue weighted by atomic mass is 9.86. The molecule has 1 aliphatic heterocycles. The Kier molecular flexibility index (Phi) is 6.34. The van der Waals surface area contributed by atoms with Gasteiger partial charge < -0.3 is 25.7 Å². The van der Waals surface area contributed by atoms with E-state index in [-0.39, 0.29) is 5.54 Å². The van der Waals surface area contributed by atoms with Crippen molar-refractivity contribution in [1.82, 2.24) is 19.4 Å². The number of nitrogen functional groups attached to an aromatic ring is 1. The molecule has 0 spiro atoms. The first kappa shape index (κ1) is 23.9. The zero-order valence-corrected chi connectivity index (χ0v) is 21.5. The number of nitrogens with zero attached hydrogens (tertiary/aromatic N) is 4. The van der Waals surface area contributed by atoms with E-state index in [4.69, 9.17) is 16.2 Å². The van der Waals surface area contributed by atoms with Crippen molar-refractivity contribution in [3.05, 3.63) is 67.1 Å². The van der Waals surface area contributed by atoms with Crippen molar-refractivity contribution in [2.45, 2.75) is 63.1 Å². The van der Waals surface area contributed by atoms with Gasteiger partial charge in [-0.05, 0) is 75.3 Å². The third-order valence-electron chi connectivity index (χ3n) is 8.30. The minimum Gasteiger partial charge on any atom is -0.457 e. The van der Waals surface area contributed by atoms with Crippen molar-refractivity contribution < 1.29 is 4.74 Å². The van der Waals surface area contributed by atoms with Gasteiger partial charge in [0.25, 0.3) is 0 Å². The van der Waals surface area contributed by atoms with E-state index in [1.54, 1.807) is 6.33 Å². The molecule has 1 saturated heterocycles. The summed E-state index contributed by atoms with van der Waals surface area (Å²) in [6, 6.07) is 19.1. The number of ether oxygens (including phenoxy) is 1. The first-order valence-electron chi connectivity index (χ1n) is 13.4. The highest BCUT2D eigenvalue weighted by atomic mass is 16.5. The molecule has 2 aromatic carbocycles. The summed E-state index contributed by atoms with van der Waals surface area (Å²) in [4.78, 5) is 11.7. The smallest absolute Gasteiger partial charge is 0.146 e. The quantitative estimate of drug-likeness (QED) is 0.364. The molecule has 4 N–H and O–H groups in total. The Morgan fingerprint density at radius 1 is 0.865 bits per heavy atom. The molecule has 7 nitrogen and oxygen atoms in total. The summed E-state index contributed by atoms with van der Waals surface area (Å²) in [5.74, 6) is 2.14. The first-order valence-corrected chi connectivity index (χ1v) is 13.4. The van der Waals surface area contributed by atoms with Crippen molar-refractivity contribution in [2.75, 3.05) is 18.8 Å². The fourth-order valence-electron chi connectivity index (χ4n) is 6.03. The maximum Gasteiger partial charge on any atom is 0.146 e. The summed E-state index contributed by atoms with van der Waals surface area (Å²) in [5.41, 5.74) is 15.8. The van der Waals surface area contributed by atoms with Gasteiger partial charge in [-0.15, -0.1) is 0 Å². The monoisotopic (exact) mass is 496 g/mol. The number of fused-ring (bicyclic) bond motifs is 1. The maximum atomic E-state index is 6.40. The van der Waals surface area contributed by atoms with Crippen LogP contribution in [0.3, 0.4) is 0 Å². The molecule has 2 fully saturated rings. The number of para-hydroxylation sites is 1. The number of likely N-dealkylation sites (tertiary alicyclic amines) is 1. The summed E-state index contributed by atoms with van der Waals surface area (Å²) in [6.07, 6.45) is 10.7. The van der Waals surface area contributed by atoms with Gasteiger partial charge in [0.1, 0.15) is 29.3 Å². The molecule has 0 atom stereocenters. The average molecular weight is 497 g/mol. The highest BCUT2D eigenvalue weighted by molar-refractivity contribution is 6.00. The van der Waals surface area contributed by atoms with Crippen LogP contribution in [-0.4, -0.2) is 44.1 Å². The van der Waals surface area contributed by atoms with Crippen LogP contribution < -0.4 is 16.2 Å².